The lowest BCUT2D eigenvalue weighted by molar-refractivity contribution is -0.164. The first kappa shape index (κ1) is 16.0. The van der Waals surface area contributed by atoms with Crippen molar-refractivity contribution in [3.8, 4) is 0 Å². The molecule has 0 radical (unpaired) electrons. The molecule has 1 aliphatic rings. The van der Waals surface area contributed by atoms with Crippen molar-refractivity contribution in [2.75, 3.05) is 32.8 Å². The lowest BCUT2D eigenvalue weighted by Crippen LogP contribution is -2.51. The fraction of sp³-hybridized carbons (Fsp3) is 0.400. The van der Waals surface area contributed by atoms with Crippen LogP contribution in [0.25, 0.3) is 0 Å². The molecule has 0 N–H and O–H groups in total. The zero-order valence-electron chi connectivity index (χ0n) is 12.4. The normalized spacial score (nSPS) is 15.5. The standard InChI is InChI=1S/C15H18N2O5/c1-12(18)21-10-9-16-7-8-17(11-14(16)19)22-15(20)13-5-3-2-4-6-13/h2-6H,7-11H2,1H3. The number of piperazine rings is 1. The van der Waals surface area contributed by atoms with E-state index in [1.54, 1.807) is 29.2 Å². The van der Waals surface area contributed by atoms with Gasteiger partial charge in [-0.2, -0.15) is 0 Å². The Kier molecular flexibility index (Phi) is 5.48. The Balaban J connectivity index is 1.79. The molecule has 22 heavy (non-hydrogen) atoms. The number of hydrogen-bond donors (Lipinski definition) is 0. The number of amides is 1. The summed E-state index contributed by atoms with van der Waals surface area (Å²) in [5.41, 5.74) is 0.437. The molecular formula is C15H18N2O5. The minimum atomic E-state index is -0.484. The van der Waals surface area contributed by atoms with E-state index in [1.807, 2.05) is 6.07 Å². The van der Waals surface area contributed by atoms with Gasteiger partial charge in [0.1, 0.15) is 13.2 Å². The van der Waals surface area contributed by atoms with Crippen molar-refractivity contribution in [2.24, 2.45) is 0 Å². The fourth-order valence-electron chi connectivity index (χ4n) is 2.05. The number of nitrogens with zero attached hydrogens (tertiary/aromatic N) is 2. The van der Waals surface area contributed by atoms with Gasteiger partial charge in [0.2, 0.25) is 5.91 Å². The molecule has 0 aliphatic carbocycles. The number of ether oxygens (including phenoxy) is 1. The van der Waals surface area contributed by atoms with Crippen LogP contribution in [0.4, 0.5) is 0 Å². The van der Waals surface area contributed by atoms with E-state index in [0.29, 0.717) is 25.2 Å². The average Bonchev–Trinajstić information content (AvgIpc) is 2.50. The number of hydrogen-bond acceptors (Lipinski definition) is 6. The summed E-state index contributed by atoms with van der Waals surface area (Å²) in [7, 11) is 0. The van der Waals surface area contributed by atoms with E-state index in [1.165, 1.54) is 12.0 Å². The van der Waals surface area contributed by atoms with Crippen molar-refractivity contribution in [3.05, 3.63) is 35.9 Å². The average molecular weight is 306 g/mol. The largest absolute Gasteiger partial charge is 0.464 e. The molecule has 2 rings (SSSR count). The summed E-state index contributed by atoms with van der Waals surface area (Å²) in [5, 5.41) is 1.35. The highest BCUT2D eigenvalue weighted by Gasteiger charge is 2.26. The second kappa shape index (κ2) is 7.56. The van der Waals surface area contributed by atoms with Crippen LogP contribution in [0, 0.1) is 0 Å². The predicted molar refractivity (Wildman–Crippen MR) is 76.6 cm³/mol. The Morgan fingerprint density at radius 3 is 2.55 bits per heavy atom. The van der Waals surface area contributed by atoms with Crippen molar-refractivity contribution in [3.63, 3.8) is 0 Å². The zero-order valence-corrected chi connectivity index (χ0v) is 12.4. The summed E-state index contributed by atoms with van der Waals surface area (Å²) >= 11 is 0. The molecule has 1 fully saturated rings. The predicted octanol–water partition coefficient (Wildman–Crippen LogP) is 0.466. The van der Waals surface area contributed by atoms with E-state index in [-0.39, 0.29) is 25.0 Å². The smallest absolute Gasteiger partial charge is 0.357 e. The molecular weight excluding hydrogens is 288 g/mol. The van der Waals surface area contributed by atoms with Crippen LogP contribution in [-0.2, 0) is 19.2 Å². The molecule has 0 saturated carbocycles. The molecule has 1 aliphatic heterocycles. The molecule has 1 aromatic rings. The van der Waals surface area contributed by atoms with Crippen LogP contribution in [0.2, 0.25) is 0 Å². The van der Waals surface area contributed by atoms with Crippen LogP contribution in [0.5, 0.6) is 0 Å². The highest BCUT2D eigenvalue weighted by atomic mass is 16.7. The van der Waals surface area contributed by atoms with Gasteiger partial charge in [-0.3, -0.25) is 9.59 Å². The lowest BCUT2D eigenvalue weighted by atomic mass is 10.2. The lowest BCUT2D eigenvalue weighted by Gasteiger charge is -2.32. The second-order valence-corrected chi connectivity index (χ2v) is 4.83. The van der Waals surface area contributed by atoms with Crippen molar-refractivity contribution in [1.29, 1.82) is 0 Å². The van der Waals surface area contributed by atoms with Crippen LogP contribution >= 0.6 is 0 Å². The van der Waals surface area contributed by atoms with Crippen LogP contribution < -0.4 is 0 Å². The third-order valence-corrected chi connectivity index (χ3v) is 3.17. The molecule has 1 aromatic carbocycles. The Labute approximate surface area is 128 Å². The van der Waals surface area contributed by atoms with Gasteiger partial charge in [0.05, 0.1) is 18.7 Å². The quantitative estimate of drug-likeness (QED) is 0.736. The molecule has 1 amide bonds. The van der Waals surface area contributed by atoms with Crippen LogP contribution in [0.1, 0.15) is 17.3 Å². The minimum Gasteiger partial charge on any atom is -0.464 e. The Morgan fingerprint density at radius 2 is 1.91 bits per heavy atom. The van der Waals surface area contributed by atoms with Gasteiger partial charge in [-0.15, -0.1) is 5.06 Å². The van der Waals surface area contributed by atoms with E-state index >= 15 is 0 Å². The molecule has 7 heteroatoms. The first-order valence-electron chi connectivity index (χ1n) is 6.99. The SMILES string of the molecule is CC(=O)OCCN1CCN(OC(=O)c2ccccc2)CC1=O. The number of benzene rings is 1. The maximum atomic E-state index is 12.0. The number of carbonyl (C=O) groups is 3. The van der Waals surface area contributed by atoms with Gasteiger partial charge in [-0.1, -0.05) is 18.2 Å². The number of esters is 1. The number of carbonyl (C=O) groups excluding carboxylic acids is 3. The molecule has 0 unspecified atom stereocenters. The third-order valence-electron chi connectivity index (χ3n) is 3.17. The number of rotatable bonds is 5. The van der Waals surface area contributed by atoms with Crippen molar-refractivity contribution in [1.82, 2.24) is 9.96 Å². The van der Waals surface area contributed by atoms with E-state index in [4.69, 9.17) is 9.57 Å². The Morgan fingerprint density at radius 1 is 1.18 bits per heavy atom. The second-order valence-electron chi connectivity index (χ2n) is 4.83. The first-order valence-corrected chi connectivity index (χ1v) is 6.99. The Bertz CT molecular complexity index is 546. The molecule has 1 saturated heterocycles. The van der Waals surface area contributed by atoms with Gasteiger partial charge in [0.15, 0.2) is 0 Å². The summed E-state index contributed by atoms with van der Waals surface area (Å²) in [6.07, 6.45) is 0. The van der Waals surface area contributed by atoms with Gasteiger partial charge < -0.3 is 14.5 Å². The maximum absolute atomic E-state index is 12.0. The van der Waals surface area contributed by atoms with Crippen molar-refractivity contribution < 1.29 is 24.0 Å². The van der Waals surface area contributed by atoms with Crippen molar-refractivity contribution in [2.45, 2.75) is 6.92 Å². The minimum absolute atomic E-state index is 0.00134. The van der Waals surface area contributed by atoms with E-state index in [2.05, 4.69) is 0 Å². The summed E-state index contributed by atoms with van der Waals surface area (Å²) in [5.74, 6) is -1.02. The third kappa shape index (κ3) is 4.56. The molecule has 0 bridgehead atoms. The highest BCUT2D eigenvalue weighted by molar-refractivity contribution is 5.89. The molecule has 0 atom stereocenters. The van der Waals surface area contributed by atoms with Gasteiger partial charge in [0.25, 0.3) is 0 Å². The van der Waals surface area contributed by atoms with E-state index < -0.39 is 5.97 Å². The number of hydroxylamine groups is 2. The molecule has 7 nitrogen and oxygen atoms in total. The van der Waals surface area contributed by atoms with Crippen LogP contribution in [-0.4, -0.2) is 60.6 Å². The molecule has 0 spiro atoms. The van der Waals surface area contributed by atoms with Crippen molar-refractivity contribution >= 4 is 17.8 Å². The molecule has 118 valence electrons. The summed E-state index contributed by atoms with van der Waals surface area (Å²) < 4.78 is 4.81. The van der Waals surface area contributed by atoms with Gasteiger partial charge in [-0.05, 0) is 12.1 Å². The topological polar surface area (TPSA) is 76.2 Å². The molecule has 1 heterocycles. The first-order chi connectivity index (χ1) is 10.6. The summed E-state index contributed by atoms with van der Waals surface area (Å²) in [6.45, 7) is 2.68. The zero-order chi connectivity index (χ0) is 15.9. The van der Waals surface area contributed by atoms with Gasteiger partial charge >= 0.3 is 11.9 Å². The van der Waals surface area contributed by atoms with Gasteiger partial charge in [0, 0.05) is 13.5 Å². The molecule has 0 aromatic heterocycles. The maximum Gasteiger partial charge on any atom is 0.357 e. The fourth-order valence-corrected chi connectivity index (χ4v) is 2.05. The monoisotopic (exact) mass is 306 g/mol. The van der Waals surface area contributed by atoms with Crippen LogP contribution in [0.3, 0.4) is 0 Å². The summed E-state index contributed by atoms with van der Waals surface area (Å²) in [6, 6.07) is 8.60. The van der Waals surface area contributed by atoms with Crippen LogP contribution in [0.15, 0.2) is 30.3 Å². The van der Waals surface area contributed by atoms with Gasteiger partial charge in [-0.25, -0.2) is 4.79 Å². The van der Waals surface area contributed by atoms with E-state index in [0.717, 1.165) is 0 Å². The summed E-state index contributed by atoms with van der Waals surface area (Å²) in [4.78, 5) is 41.3. The Hall–Kier alpha value is -2.41. The highest BCUT2D eigenvalue weighted by Crippen LogP contribution is 2.08. The van der Waals surface area contributed by atoms with E-state index in [9.17, 15) is 14.4 Å².